The number of allylic oxidation sites excluding steroid dienone is 6. The highest BCUT2D eigenvalue weighted by atomic mass is 35.5. The van der Waals surface area contributed by atoms with Gasteiger partial charge in [-0.3, -0.25) is 0 Å². The summed E-state index contributed by atoms with van der Waals surface area (Å²) in [5.41, 5.74) is 1.21. The molecule has 0 nitrogen and oxygen atoms in total. The fourth-order valence-electron chi connectivity index (χ4n) is 0.565. The number of hydrogen-bond acceptors (Lipinski definition) is 0. The van der Waals surface area contributed by atoms with Crippen molar-refractivity contribution in [1.29, 1.82) is 0 Å². The van der Waals surface area contributed by atoms with E-state index < -0.39 is 0 Å². The average molecular weight is 157 g/mol. The van der Waals surface area contributed by atoms with Crippen molar-refractivity contribution in [1.82, 2.24) is 0 Å². The molecule has 0 saturated heterocycles. The predicted octanol–water partition coefficient (Wildman–Crippen LogP) is 3.65. The lowest BCUT2D eigenvalue weighted by molar-refractivity contribution is 1.49. The minimum absolute atomic E-state index is 0.809. The Kier molecular flexibility index (Phi) is 5.05. The summed E-state index contributed by atoms with van der Waals surface area (Å²) in [5, 5.41) is 0.809. The maximum atomic E-state index is 5.61. The van der Waals surface area contributed by atoms with E-state index in [1.54, 1.807) is 0 Å². The summed E-state index contributed by atoms with van der Waals surface area (Å²) in [6.45, 7) is 5.89. The van der Waals surface area contributed by atoms with Gasteiger partial charge in [0.15, 0.2) is 0 Å². The summed E-state index contributed by atoms with van der Waals surface area (Å²) in [4.78, 5) is 0. The van der Waals surface area contributed by atoms with Crippen molar-refractivity contribution in [3.8, 4) is 0 Å². The Balaban J connectivity index is 4.05. The molecular formula is C9H13Cl. The summed E-state index contributed by atoms with van der Waals surface area (Å²) in [6, 6.07) is 0. The molecule has 0 unspecified atom stereocenters. The third-order valence-corrected chi connectivity index (χ3v) is 1.13. The second-order valence-corrected chi connectivity index (χ2v) is 2.76. The van der Waals surface area contributed by atoms with Gasteiger partial charge in [0.05, 0.1) is 0 Å². The van der Waals surface area contributed by atoms with Gasteiger partial charge in [0.25, 0.3) is 0 Å². The molecular weight excluding hydrogens is 144 g/mol. The van der Waals surface area contributed by atoms with Gasteiger partial charge in [-0.25, -0.2) is 0 Å². The molecule has 0 fully saturated rings. The summed E-state index contributed by atoms with van der Waals surface area (Å²) < 4.78 is 0. The van der Waals surface area contributed by atoms with Crippen molar-refractivity contribution in [3.05, 3.63) is 34.9 Å². The van der Waals surface area contributed by atoms with Gasteiger partial charge in [-0.05, 0) is 26.8 Å². The van der Waals surface area contributed by atoms with Crippen LogP contribution in [0.4, 0.5) is 0 Å². The largest absolute Gasteiger partial charge is 0.0895 e. The van der Waals surface area contributed by atoms with Crippen LogP contribution in [0.25, 0.3) is 0 Å². The quantitative estimate of drug-likeness (QED) is 0.536. The first-order valence-corrected chi connectivity index (χ1v) is 3.68. The summed E-state index contributed by atoms with van der Waals surface area (Å²) in [5.74, 6) is 0. The molecule has 0 atom stereocenters. The van der Waals surface area contributed by atoms with Crippen LogP contribution in [0.3, 0.4) is 0 Å². The molecule has 0 amide bonds. The highest BCUT2D eigenvalue weighted by Crippen LogP contribution is 2.01. The van der Waals surface area contributed by atoms with E-state index >= 15 is 0 Å². The maximum absolute atomic E-state index is 5.61. The van der Waals surface area contributed by atoms with E-state index in [0.717, 1.165) is 5.03 Å². The predicted molar refractivity (Wildman–Crippen MR) is 48.2 cm³/mol. The lowest BCUT2D eigenvalue weighted by atomic mass is 10.2. The average Bonchev–Trinajstić information content (AvgIpc) is 1.85. The van der Waals surface area contributed by atoms with E-state index in [2.05, 4.69) is 0 Å². The van der Waals surface area contributed by atoms with Gasteiger partial charge in [-0.1, -0.05) is 35.4 Å². The molecule has 0 aliphatic heterocycles. The third kappa shape index (κ3) is 5.64. The van der Waals surface area contributed by atoms with Gasteiger partial charge in [0.2, 0.25) is 0 Å². The maximum Gasteiger partial charge on any atom is 0.0150 e. The topological polar surface area (TPSA) is 0 Å². The van der Waals surface area contributed by atoms with Crippen molar-refractivity contribution < 1.29 is 0 Å². The van der Waals surface area contributed by atoms with Crippen LogP contribution >= 0.6 is 11.6 Å². The number of hydrogen-bond donors (Lipinski definition) is 0. The molecule has 0 aromatic heterocycles. The standard InChI is InChI=1S/C9H13Cl/c1-4-5-8(2)6-7-9(3)10/h4-7H,1-3H3/b5-4+,8-6+,9-7+. The first-order chi connectivity index (χ1) is 4.66. The van der Waals surface area contributed by atoms with Gasteiger partial charge in [0, 0.05) is 5.03 Å². The highest BCUT2D eigenvalue weighted by molar-refractivity contribution is 6.29. The Hall–Kier alpha value is -0.490. The van der Waals surface area contributed by atoms with E-state index in [0.29, 0.717) is 0 Å². The van der Waals surface area contributed by atoms with E-state index in [4.69, 9.17) is 11.6 Å². The Labute approximate surface area is 67.9 Å². The smallest absolute Gasteiger partial charge is 0.0150 e. The van der Waals surface area contributed by atoms with Crippen LogP contribution in [0.15, 0.2) is 34.9 Å². The summed E-state index contributed by atoms with van der Waals surface area (Å²) in [7, 11) is 0. The van der Waals surface area contributed by atoms with Gasteiger partial charge in [-0.15, -0.1) is 0 Å². The summed E-state index contributed by atoms with van der Waals surface area (Å²) >= 11 is 5.61. The Morgan fingerprint density at radius 2 is 1.80 bits per heavy atom. The third-order valence-electron chi connectivity index (χ3n) is 1.01. The van der Waals surface area contributed by atoms with E-state index in [-0.39, 0.29) is 0 Å². The Bertz CT molecular complexity index is 169. The normalized spacial score (nSPS) is 14.8. The highest BCUT2D eigenvalue weighted by Gasteiger charge is 1.77. The van der Waals surface area contributed by atoms with Crippen molar-refractivity contribution in [2.24, 2.45) is 0 Å². The zero-order valence-electron chi connectivity index (χ0n) is 6.69. The van der Waals surface area contributed by atoms with Crippen LogP contribution in [0.5, 0.6) is 0 Å². The van der Waals surface area contributed by atoms with Crippen molar-refractivity contribution in [2.75, 3.05) is 0 Å². The zero-order valence-corrected chi connectivity index (χ0v) is 7.44. The fourth-order valence-corrected chi connectivity index (χ4v) is 0.628. The molecule has 0 N–H and O–H groups in total. The molecule has 0 aromatic carbocycles. The summed E-state index contributed by atoms with van der Waals surface area (Å²) in [6.07, 6.45) is 7.92. The van der Waals surface area contributed by atoms with Gasteiger partial charge < -0.3 is 0 Å². The lowest BCUT2D eigenvalue weighted by Gasteiger charge is -1.86. The molecule has 0 radical (unpaired) electrons. The molecule has 1 heteroatoms. The molecule has 0 bridgehead atoms. The monoisotopic (exact) mass is 156 g/mol. The molecule has 0 rings (SSSR count). The zero-order chi connectivity index (χ0) is 7.98. The number of halogens is 1. The van der Waals surface area contributed by atoms with Crippen LogP contribution in [0.2, 0.25) is 0 Å². The molecule has 0 aromatic rings. The van der Waals surface area contributed by atoms with Crippen molar-refractivity contribution in [3.63, 3.8) is 0 Å². The van der Waals surface area contributed by atoms with Crippen LogP contribution in [-0.4, -0.2) is 0 Å². The van der Waals surface area contributed by atoms with Crippen LogP contribution in [0.1, 0.15) is 20.8 Å². The van der Waals surface area contributed by atoms with E-state index in [1.165, 1.54) is 5.57 Å². The van der Waals surface area contributed by atoms with Gasteiger partial charge >= 0.3 is 0 Å². The van der Waals surface area contributed by atoms with Crippen LogP contribution in [0, 0.1) is 0 Å². The number of rotatable bonds is 2. The van der Waals surface area contributed by atoms with Crippen molar-refractivity contribution >= 4 is 11.6 Å². The Morgan fingerprint density at radius 1 is 1.20 bits per heavy atom. The Morgan fingerprint density at radius 3 is 2.20 bits per heavy atom. The minimum Gasteiger partial charge on any atom is -0.0895 e. The fraction of sp³-hybridized carbons (Fsp3) is 0.333. The molecule has 0 spiro atoms. The van der Waals surface area contributed by atoms with Gasteiger partial charge in [0.1, 0.15) is 0 Å². The van der Waals surface area contributed by atoms with E-state index in [1.807, 2.05) is 45.1 Å². The van der Waals surface area contributed by atoms with Crippen LogP contribution < -0.4 is 0 Å². The first kappa shape index (κ1) is 9.51. The SMILES string of the molecule is C/C=C/C(C)=C/C=C(\C)Cl. The van der Waals surface area contributed by atoms with Crippen molar-refractivity contribution in [2.45, 2.75) is 20.8 Å². The first-order valence-electron chi connectivity index (χ1n) is 3.30. The van der Waals surface area contributed by atoms with E-state index in [9.17, 15) is 0 Å². The second kappa shape index (κ2) is 5.31. The minimum atomic E-state index is 0.809. The molecule has 0 saturated carbocycles. The van der Waals surface area contributed by atoms with Crippen LogP contribution in [-0.2, 0) is 0 Å². The molecule has 0 heterocycles. The molecule has 0 aliphatic rings. The molecule has 10 heavy (non-hydrogen) atoms. The molecule has 56 valence electrons. The van der Waals surface area contributed by atoms with Gasteiger partial charge in [-0.2, -0.15) is 0 Å². The second-order valence-electron chi connectivity index (χ2n) is 2.16. The molecule has 0 aliphatic carbocycles. The lowest BCUT2D eigenvalue weighted by Crippen LogP contribution is -1.64.